The van der Waals surface area contributed by atoms with E-state index < -0.39 is 11.8 Å². The molecule has 15 heavy (non-hydrogen) atoms. The highest BCUT2D eigenvalue weighted by Gasteiger charge is 2.39. The molecule has 0 saturated heterocycles. The molecule has 1 aromatic rings. The van der Waals surface area contributed by atoms with Crippen LogP contribution in [0.1, 0.15) is 13.3 Å². The molecule has 1 heterocycles. The van der Waals surface area contributed by atoms with E-state index >= 15 is 0 Å². The predicted octanol–water partition coefficient (Wildman–Crippen LogP) is 2.30. The molecule has 0 radical (unpaired) electrons. The topological polar surface area (TPSA) is 55.8 Å². The summed E-state index contributed by atoms with van der Waals surface area (Å²) < 4.78 is 10.8. The van der Waals surface area contributed by atoms with E-state index in [9.17, 15) is 4.79 Å². The van der Waals surface area contributed by atoms with Gasteiger partial charge in [0.1, 0.15) is 6.42 Å². The van der Waals surface area contributed by atoms with Crippen molar-refractivity contribution < 1.29 is 19.4 Å². The summed E-state index contributed by atoms with van der Waals surface area (Å²) in [5.41, 5.74) is 0. The molecule has 1 N–H and O–H groups in total. The highest BCUT2D eigenvalue weighted by Crippen LogP contribution is 2.41. The second-order valence-corrected chi connectivity index (χ2v) is 3.94. The average molecular weight is 229 g/mol. The summed E-state index contributed by atoms with van der Waals surface area (Å²) in [5.74, 6) is -1.12. The number of halogens is 1. The first kappa shape index (κ1) is 10.1. The Balaban J connectivity index is 2.24. The molecule has 0 amide bonds. The van der Waals surface area contributed by atoms with Gasteiger partial charge in [0, 0.05) is 18.0 Å². The normalized spacial score (nSPS) is 22.8. The molecule has 0 aliphatic carbocycles. The van der Waals surface area contributed by atoms with Crippen molar-refractivity contribution in [2.75, 3.05) is 0 Å². The maximum Gasteiger partial charge on any atom is 0.311 e. The quantitative estimate of drug-likeness (QED) is 0.844. The van der Waals surface area contributed by atoms with Gasteiger partial charge in [-0.2, -0.15) is 0 Å². The number of hydrogen-bond donors (Lipinski definition) is 1. The van der Waals surface area contributed by atoms with Crippen LogP contribution in [0.5, 0.6) is 11.5 Å². The minimum Gasteiger partial charge on any atom is -0.481 e. The van der Waals surface area contributed by atoms with Crippen LogP contribution in [-0.2, 0) is 4.79 Å². The van der Waals surface area contributed by atoms with Crippen molar-refractivity contribution in [3.05, 3.63) is 23.2 Å². The largest absolute Gasteiger partial charge is 0.481 e. The highest BCUT2D eigenvalue weighted by molar-refractivity contribution is 6.30. The summed E-state index contributed by atoms with van der Waals surface area (Å²) in [5, 5.41) is 9.21. The fourth-order valence-corrected chi connectivity index (χ4v) is 1.64. The molecule has 4 nitrogen and oxygen atoms in total. The Bertz CT molecular complexity index is 418. The molecule has 2 rings (SSSR count). The first-order valence-corrected chi connectivity index (χ1v) is 4.76. The lowest BCUT2D eigenvalue weighted by Crippen LogP contribution is -2.37. The van der Waals surface area contributed by atoms with E-state index in [0.29, 0.717) is 16.5 Å². The van der Waals surface area contributed by atoms with Gasteiger partial charge in [-0.25, -0.2) is 0 Å². The Morgan fingerprint density at radius 3 is 2.80 bits per heavy atom. The number of ether oxygens (including phenoxy) is 2. The lowest BCUT2D eigenvalue weighted by atomic mass is 10.2. The van der Waals surface area contributed by atoms with Gasteiger partial charge in [0.2, 0.25) is 0 Å². The van der Waals surface area contributed by atoms with Crippen LogP contribution in [0.4, 0.5) is 0 Å². The van der Waals surface area contributed by atoms with Crippen molar-refractivity contribution in [3.63, 3.8) is 0 Å². The molecular formula is C10H9ClO4. The molecular weight excluding hydrogens is 220 g/mol. The van der Waals surface area contributed by atoms with Crippen molar-refractivity contribution in [1.29, 1.82) is 0 Å². The zero-order valence-corrected chi connectivity index (χ0v) is 8.75. The summed E-state index contributed by atoms with van der Waals surface area (Å²) in [4.78, 5) is 10.6. The van der Waals surface area contributed by atoms with E-state index in [-0.39, 0.29) is 6.42 Å². The van der Waals surface area contributed by atoms with Crippen molar-refractivity contribution in [1.82, 2.24) is 0 Å². The molecule has 0 aromatic heterocycles. The molecule has 0 saturated carbocycles. The van der Waals surface area contributed by atoms with Crippen LogP contribution in [0.3, 0.4) is 0 Å². The number of aliphatic carboxylic acids is 1. The number of carbonyl (C=O) groups is 1. The monoisotopic (exact) mass is 228 g/mol. The Morgan fingerprint density at radius 2 is 2.13 bits per heavy atom. The van der Waals surface area contributed by atoms with Gasteiger partial charge < -0.3 is 14.6 Å². The van der Waals surface area contributed by atoms with Crippen LogP contribution < -0.4 is 9.47 Å². The SMILES string of the molecule is CC1(CC(=O)O)Oc2ccc(Cl)cc2O1. The van der Waals surface area contributed by atoms with Crippen molar-refractivity contribution in [2.24, 2.45) is 0 Å². The molecule has 80 valence electrons. The van der Waals surface area contributed by atoms with Gasteiger partial charge in [0.15, 0.2) is 11.5 Å². The maximum atomic E-state index is 10.6. The van der Waals surface area contributed by atoms with Gasteiger partial charge in [-0.05, 0) is 12.1 Å². The first-order valence-electron chi connectivity index (χ1n) is 4.38. The second kappa shape index (κ2) is 3.31. The van der Waals surface area contributed by atoms with E-state index in [2.05, 4.69) is 0 Å². The van der Waals surface area contributed by atoms with Gasteiger partial charge >= 0.3 is 5.97 Å². The maximum absolute atomic E-state index is 10.6. The minimum absolute atomic E-state index is 0.223. The van der Waals surface area contributed by atoms with Crippen LogP contribution in [0, 0.1) is 0 Å². The summed E-state index contributed by atoms with van der Waals surface area (Å²) in [7, 11) is 0. The Labute approximate surface area is 91.4 Å². The molecule has 5 heteroatoms. The smallest absolute Gasteiger partial charge is 0.311 e. The van der Waals surface area contributed by atoms with Crippen LogP contribution in [0.15, 0.2) is 18.2 Å². The number of hydrogen-bond acceptors (Lipinski definition) is 3. The van der Waals surface area contributed by atoms with Gasteiger partial charge in [0.25, 0.3) is 5.79 Å². The van der Waals surface area contributed by atoms with Gasteiger partial charge in [-0.3, -0.25) is 4.79 Å². The lowest BCUT2D eigenvalue weighted by molar-refractivity contribution is -0.149. The average Bonchev–Trinajstić information content (AvgIpc) is 2.38. The molecule has 0 spiro atoms. The zero-order valence-electron chi connectivity index (χ0n) is 7.99. The summed E-state index contributed by atoms with van der Waals surface area (Å²) in [6.07, 6.45) is -0.223. The number of carboxylic acids is 1. The first-order chi connectivity index (χ1) is 6.98. The number of carboxylic acid groups (broad SMARTS) is 1. The molecule has 0 fully saturated rings. The van der Waals surface area contributed by atoms with Crippen LogP contribution in [0.25, 0.3) is 0 Å². The molecule has 1 aliphatic rings. The molecule has 1 aliphatic heterocycles. The zero-order chi connectivity index (χ0) is 11.1. The summed E-state index contributed by atoms with van der Waals surface area (Å²) in [6.45, 7) is 1.58. The number of rotatable bonds is 2. The number of benzene rings is 1. The summed E-state index contributed by atoms with van der Waals surface area (Å²) >= 11 is 5.77. The van der Waals surface area contributed by atoms with Gasteiger partial charge in [0.05, 0.1) is 0 Å². The Hall–Kier alpha value is -1.42. The van der Waals surface area contributed by atoms with E-state index in [1.165, 1.54) is 0 Å². The Kier molecular flexibility index (Phi) is 2.23. The van der Waals surface area contributed by atoms with Crippen LogP contribution >= 0.6 is 11.6 Å². The second-order valence-electron chi connectivity index (χ2n) is 3.50. The van der Waals surface area contributed by atoms with E-state index in [4.69, 9.17) is 26.2 Å². The van der Waals surface area contributed by atoms with Crippen LogP contribution in [-0.4, -0.2) is 16.9 Å². The van der Waals surface area contributed by atoms with E-state index in [0.717, 1.165) is 0 Å². The molecule has 0 bridgehead atoms. The fraction of sp³-hybridized carbons (Fsp3) is 0.300. The lowest BCUT2D eigenvalue weighted by Gasteiger charge is -2.20. The Morgan fingerprint density at radius 1 is 1.47 bits per heavy atom. The number of fused-ring (bicyclic) bond motifs is 1. The van der Waals surface area contributed by atoms with E-state index in [1.54, 1.807) is 25.1 Å². The van der Waals surface area contributed by atoms with Crippen molar-refractivity contribution in [2.45, 2.75) is 19.1 Å². The molecule has 1 unspecified atom stereocenters. The molecule has 1 aromatic carbocycles. The third kappa shape index (κ3) is 1.99. The summed E-state index contributed by atoms with van der Waals surface area (Å²) in [6, 6.07) is 4.92. The third-order valence-electron chi connectivity index (χ3n) is 2.03. The minimum atomic E-state index is -1.14. The molecule has 1 atom stereocenters. The van der Waals surface area contributed by atoms with Crippen molar-refractivity contribution >= 4 is 17.6 Å². The fourth-order valence-electron chi connectivity index (χ4n) is 1.48. The standard InChI is InChI=1S/C10H9ClO4/c1-10(5-9(12)13)14-7-3-2-6(11)4-8(7)15-10/h2-4H,5H2,1H3,(H,12,13). The highest BCUT2D eigenvalue weighted by atomic mass is 35.5. The predicted molar refractivity (Wildman–Crippen MR) is 53.4 cm³/mol. The van der Waals surface area contributed by atoms with E-state index in [1.807, 2.05) is 0 Å². The third-order valence-corrected chi connectivity index (χ3v) is 2.26. The van der Waals surface area contributed by atoms with Gasteiger partial charge in [-0.1, -0.05) is 11.6 Å². The van der Waals surface area contributed by atoms with Gasteiger partial charge in [-0.15, -0.1) is 0 Å². The van der Waals surface area contributed by atoms with Crippen molar-refractivity contribution in [3.8, 4) is 11.5 Å². The van der Waals surface area contributed by atoms with Crippen LogP contribution in [0.2, 0.25) is 5.02 Å².